The van der Waals surface area contributed by atoms with E-state index in [2.05, 4.69) is 5.10 Å². The summed E-state index contributed by atoms with van der Waals surface area (Å²) < 4.78 is 1.71. The van der Waals surface area contributed by atoms with Crippen LogP contribution in [0.2, 0.25) is 0 Å². The van der Waals surface area contributed by atoms with Crippen LogP contribution in [0.3, 0.4) is 0 Å². The van der Waals surface area contributed by atoms with Crippen molar-refractivity contribution in [2.45, 2.75) is 44.1 Å². The van der Waals surface area contributed by atoms with Crippen LogP contribution in [0, 0.1) is 0 Å². The number of carbonyl (C=O) groups is 1. The van der Waals surface area contributed by atoms with Gasteiger partial charge in [0.15, 0.2) is 5.78 Å². The normalized spacial score (nSPS) is 19.6. The molecule has 0 saturated heterocycles. The van der Waals surface area contributed by atoms with Crippen molar-refractivity contribution >= 4 is 5.78 Å². The molecule has 0 radical (unpaired) electrons. The highest BCUT2D eigenvalue weighted by molar-refractivity contribution is 5.89. The van der Waals surface area contributed by atoms with Crippen LogP contribution in [-0.4, -0.2) is 21.1 Å². The second-order valence-electron chi connectivity index (χ2n) is 4.80. The fourth-order valence-electron chi connectivity index (χ4n) is 2.36. The number of Topliss-reactive ketones (excluding diaryl/α,β-unsaturated/α-hetero) is 1. The van der Waals surface area contributed by atoms with Gasteiger partial charge in [-0.05, 0) is 18.9 Å². The Morgan fingerprint density at radius 1 is 1.50 bits per heavy atom. The molecule has 1 heterocycles. The lowest BCUT2D eigenvalue weighted by atomic mass is 9.78. The lowest BCUT2D eigenvalue weighted by Crippen LogP contribution is -2.50. The highest BCUT2D eigenvalue weighted by Gasteiger charge is 2.34. The molecule has 1 aliphatic rings. The predicted octanol–water partition coefficient (Wildman–Crippen LogP) is 1.19. The number of aromatic nitrogens is 2. The van der Waals surface area contributed by atoms with Crippen LogP contribution >= 0.6 is 0 Å². The van der Waals surface area contributed by atoms with E-state index in [-0.39, 0.29) is 5.78 Å². The quantitative estimate of drug-likeness (QED) is 0.834. The van der Waals surface area contributed by atoms with E-state index in [0.717, 1.165) is 31.4 Å². The largest absolute Gasteiger partial charge is 0.319 e. The molecule has 0 aromatic carbocycles. The minimum atomic E-state index is -0.588. The first kappa shape index (κ1) is 11.3. The molecule has 1 saturated carbocycles. The Bertz CT molecular complexity index is 377. The molecule has 0 bridgehead atoms. The van der Waals surface area contributed by atoms with Crippen molar-refractivity contribution in [1.29, 1.82) is 0 Å². The van der Waals surface area contributed by atoms with E-state index in [1.165, 1.54) is 6.42 Å². The topological polar surface area (TPSA) is 60.9 Å². The molecule has 0 unspecified atom stereocenters. The smallest absolute Gasteiger partial charge is 0.158 e. The third-order valence-corrected chi connectivity index (χ3v) is 3.41. The average molecular weight is 221 g/mol. The van der Waals surface area contributed by atoms with Crippen molar-refractivity contribution in [1.82, 2.24) is 9.78 Å². The van der Waals surface area contributed by atoms with E-state index in [1.807, 2.05) is 19.3 Å². The molecule has 0 amide bonds. The van der Waals surface area contributed by atoms with Gasteiger partial charge in [-0.1, -0.05) is 19.3 Å². The fraction of sp³-hybridized carbons (Fsp3) is 0.667. The van der Waals surface area contributed by atoms with Crippen LogP contribution in [0.15, 0.2) is 12.3 Å². The minimum Gasteiger partial charge on any atom is -0.319 e. The van der Waals surface area contributed by atoms with Gasteiger partial charge in [0.1, 0.15) is 0 Å². The van der Waals surface area contributed by atoms with Crippen molar-refractivity contribution in [3.05, 3.63) is 18.0 Å². The van der Waals surface area contributed by atoms with Crippen LogP contribution in [0.4, 0.5) is 0 Å². The van der Waals surface area contributed by atoms with E-state index in [4.69, 9.17) is 5.73 Å². The molecular formula is C12H19N3O. The maximum atomic E-state index is 12.1. The summed E-state index contributed by atoms with van der Waals surface area (Å²) in [7, 11) is 1.85. The fourth-order valence-corrected chi connectivity index (χ4v) is 2.36. The molecule has 1 fully saturated rings. The van der Waals surface area contributed by atoms with Gasteiger partial charge in [0, 0.05) is 13.2 Å². The van der Waals surface area contributed by atoms with Crippen LogP contribution < -0.4 is 5.73 Å². The third-order valence-electron chi connectivity index (χ3n) is 3.41. The van der Waals surface area contributed by atoms with Crippen LogP contribution in [-0.2, 0) is 18.3 Å². The second kappa shape index (κ2) is 4.37. The van der Waals surface area contributed by atoms with Crippen molar-refractivity contribution in [3.63, 3.8) is 0 Å². The zero-order chi connectivity index (χ0) is 11.6. The van der Waals surface area contributed by atoms with E-state index in [0.29, 0.717) is 6.42 Å². The Hall–Kier alpha value is -1.16. The number of hydrogen-bond donors (Lipinski definition) is 1. The Morgan fingerprint density at radius 3 is 2.75 bits per heavy atom. The third kappa shape index (κ3) is 2.32. The van der Waals surface area contributed by atoms with Gasteiger partial charge in [0.2, 0.25) is 0 Å². The minimum absolute atomic E-state index is 0.144. The number of nitrogens with two attached hydrogens (primary N) is 1. The number of nitrogens with zero attached hydrogens (tertiary/aromatic N) is 2. The van der Waals surface area contributed by atoms with Crippen LogP contribution in [0.1, 0.15) is 37.8 Å². The first-order chi connectivity index (χ1) is 7.60. The lowest BCUT2D eigenvalue weighted by molar-refractivity contribution is -0.124. The predicted molar refractivity (Wildman–Crippen MR) is 61.9 cm³/mol. The summed E-state index contributed by atoms with van der Waals surface area (Å²) in [5.74, 6) is 0.144. The Labute approximate surface area is 95.8 Å². The molecule has 2 rings (SSSR count). The van der Waals surface area contributed by atoms with Gasteiger partial charge >= 0.3 is 0 Å². The molecule has 1 aromatic rings. The Kier molecular flexibility index (Phi) is 3.10. The van der Waals surface area contributed by atoms with Gasteiger partial charge in [-0.25, -0.2) is 0 Å². The molecule has 0 spiro atoms. The summed E-state index contributed by atoms with van der Waals surface area (Å²) in [5, 5.41) is 4.22. The summed E-state index contributed by atoms with van der Waals surface area (Å²) in [4.78, 5) is 12.1. The average Bonchev–Trinajstić information content (AvgIpc) is 2.65. The van der Waals surface area contributed by atoms with Gasteiger partial charge in [-0.3, -0.25) is 9.48 Å². The van der Waals surface area contributed by atoms with Crippen molar-refractivity contribution < 1.29 is 4.79 Å². The van der Waals surface area contributed by atoms with E-state index in [1.54, 1.807) is 4.68 Å². The van der Waals surface area contributed by atoms with E-state index < -0.39 is 5.54 Å². The number of aryl methyl sites for hydroxylation is 1. The number of ketones is 1. The van der Waals surface area contributed by atoms with Crippen LogP contribution in [0.5, 0.6) is 0 Å². The standard InChI is InChI=1S/C12H19N3O/c1-15-8-5-10(14-15)9-11(16)12(13)6-3-2-4-7-12/h5,8H,2-4,6-7,9,13H2,1H3. The van der Waals surface area contributed by atoms with E-state index >= 15 is 0 Å². The molecule has 4 heteroatoms. The molecule has 2 N–H and O–H groups in total. The van der Waals surface area contributed by atoms with Gasteiger partial charge in [0.05, 0.1) is 17.7 Å². The Morgan fingerprint density at radius 2 is 2.19 bits per heavy atom. The highest BCUT2D eigenvalue weighted by Crippen LogP contribution is 2.27. The molecule has 1 aliphatic carbocycles. The van der Waals surface area contributed by atoms with Gasteiger partial charge in [-0.15, -0.1) is 0 Å². The number of carbonyl (C=O) groups excluding carboxylic acids is 1. The van der Waals surface area contributed by atoms with Crippen molar-refractivity contribution in [2.75, 3.05) is 0 Å². The second-order valence-corrected chi connectivity index (χ2v) is 4.80. The highest BCUT2D eigenvalue weighted by atomic mass is 16.1. The monoisotopic (exact) mass is 221 g/mol. The molecule has 4 nitrogen and oxygen atoms in total. The summed E-state index contributed by atoms with van der Waals surface area (Å²) >= 11 is 0. The van der Waals surface area contributed by atoms with Crippen LogP contribution in [0.25, 0.3) is 0 Å². The first-order valence-corrected chi connectivity index (χ1v) is 5.91. The van der Waals surface area contributed by atoms with E-state index in [9.17, 15) is 4.79 Å². The maximum absolute atomic E-state index is 12.1. The Balaban J connectivity index is 2.01. The summed E-state index contributed by atoms with van der Waals surface area (Å²) in [6.45, 7) is 0. The zero-order valence-corrected chi connectivity index (χ0v) is 9.78. The molecular weight excluding hydrogens is 202 g/mol. The summed E-state index contributed by atoms with van der Waals surface area (Å²) in [5.41, 5.74) is 6.41. The first-order valence-electron chi connectivity index (χ1n) is 5.91. The molecule has 0 aliphatic heterocycles. The molecule has 1 aromatic heterocycles. The molecule has 16 heavy (non-hydrogen) atoms. The summed E-state index contributed by atoms with van der Waals surface area (Å²) in [6.07, 6.45) is 7.24. The van der Waals surface area contributed by atoms with Crippen molar-refractivity contribution in [3.8, 4) is 0 Å². The maximum Gasteiger partial charge on any atom is 0.158 e. The molecule has 0 atom stereocenters. The lowest BCUT2D eigenvalue weighted by Gasteiger charge is -2.31. The number of rotatable bonds is 3. The SMILES string of the molecule is Cn1ccc(CC(=O)C2(N)CCCCC2)n1. The molecule has 88 valence electrons. The van der Waals surface area contributed by atoms with Gasteiger partial charge in [0.25, 0.3) is 0 Å². The van der Waals surface area contributed by atoms with Gasteiger partial charge in [-0.2, -0.15) is 5.10 Å². The zero-order valence-electron chi connectivity index (χ0n) is 9.78. The van der Waals surface area contributed by atoms with Gasteiger partial charge < -0.3 is 5.73 Å². The number of hydrogen-bond acceptors (Lipinski definition) is 3. The van der Waals surface area contributed by atoms with Crippen molar-refractivity contribution in [2.24, 2.45) is 12.8 Å². The summed E-state index contributed by atoms with van der Waals surface area (Å²) in [6, 6.07) is 1.88.